The number of halogens is 1. The van der Waals surface area contributed by atoms with Crippen molar-refractivity contribution in [2.75, 3.05) is 32.8 Å². The number of nitrogens with zero attached hydrogens (tertiary/aromatic N) is 2. The van der Waals surface area contributed by atoms with Gasteiger partial charge in [-0.05, 0) is 24.1 Å². The lowest BCUT2D eigenvalue weighted by Crippen LogP contribution is -2.52. The zero-order valence-corrected chi connectivity index (χ0v) is 13.6. The van der Waals surface area contributed by atoms with Gasteiger partial charge in [-0.1, -0.05) is 19.1 Å². The van der Waals surface area contributed by atoms with Crippen LogP contribution in [0.15, 0.2) is 24.3 Å². The predicted molar refractivity (Wildman–Crippen MR) is 83.3 cm³/mol. The molecule has 1 heterocycles. The first-order valence-corrected chi connectivity index (χ1v) is 9.14. The summed E-state index contributed by atoms with van der Waals surface area (Å²) in [4.78, 5) is 2.12. The van der Waals surface area contributed by atoms with E-state index in [0.717, 1.165) is 6.42 Å². The molecule has 1 fully saturated rings. The highest BCUT2D eigenvalue weighted by Crippen LogP contribution is 2.16. The molecule has 0 aliphatic carbocycles. The van der Waals surface area contributed by atoms with Crippen molar-refractivity contribution in [3.05, 3.63) is 35.6 Å². The van der Waals surface area contributed by atoms with E-state index in [1.54, 1.807) is 6.07 Å². The SMILES string of the molecule is CCC(CO)N1CCN(S(=O)(=O)Cc2cccc(F)c2)CC1. The minimum atomic E-state index is -3.44. The van der Waals surface area contributed by atoms with Crippen LogP contribution in [0, 0.1) is 5.82 Å². The lowest BCUT2D eigenvalue weighted by molar-refractivity contribution is 0.0880. The maximum absolute atomic E-state index is 13.2. The van der Waals surface area contributed by atoms with E-state index in [1.807, 2.05) is 6.92 Å². The molecule has 1 N–H and O–H groups in total. The van der Waals surface area contributed by atoms with Crippen LogP contribution >= 0.6 is 0 Å². The standard InChI is InChI=1S/C15H23FN2O3S/c1-2-15(11-19)17-6-8-18(9-7-17)22(20,21)12-13-4-3-5-14(16)10-13/h3-5,10,15,19H,2,6-9,11-12H2,1H3. The number of sulfonamides is 1. The molecular formula is C15H23FN2O3S. The maximum Gasteiger partial charge on any atom is 0.218 e. The van der Waals surface area contributed by atoms with Crippen molar-refractivity contribution in [3.63, 3.8) is 0 Å². The molecule has 0 aromatic heterocycles. The predicted octanol–water partition coefficient (Wildman–Crippen LogP) is 1.04. The quantitative estimate of drug-likeness (QED) is 0.847. The Labute approximate surface area is 131 Å². The lowest BCUT2D eigenvalue weighted by Gasteiger charge is -2.37. The third-order valence-electron chi connectivity index (χ3n) is 4.10. The molecule has 5 nitrogen and oxygen atoms in total. The van der Waals surface area contributed by atoms with Crippen LogP contribution in [0.3, 0.4) is 0 Å². The van der Waals surface area contributed by atoms with Crippen LogP contribution in [-0.4, -0.2) is 61.6 Å². The van der Waals surface area contributed by atoms with Crippen LogP contribution in [0.5, 0.6) is 0 Å². The van der Waals surface area contributed by atoms with Crippen molar-refractivity contribution >= 4 is 10.0 Å². The largest absolute Gasteiger partial charge is 0.395 e. The van der Waals surface area contributed by atoms with Gasteiger partial charge in [-0.15, -0.1) is 0 Å². The lowest BCUT2D eigenvalue weighted by atomic mass is 10.2. The molecule has 124 valence electrons. The Morgan fingerprint density at radius 2 is 1.95 bits per heavy atom. The van der Waals surface area contributed by atoms with E-state index in [4.69, 9.17) is 0 Å². The zero-order valence-electron chi connectivity index (χ0n) is 12.8. The Morgan fingerprint density at radius 3 is 2.50 bits per heavy atom. The van der Waals surface area contributed by atoms with Crippen molar-refractivity contribution in [2.24, 2.45) is 0 Å². The average molecular weight is 330 g/mol. The van der Waals surface area contributed by atoms with Gasteiger partial charge < -0.3 is 5.11 Å². The van der Waals surface area contributed by atoms with E-state index >= 15 is 0 Å². The second-order valence-electron chi connectivity index (χ2n) is 5.57. The molecule has 1 atom stereocenters. The molecule has 1 aromatic carbocycles. The summed E-state index contributed by atoms with van der Waals surface area (Å²) in [6.45, 7) is 4.14. The summed E-state index contributed by atoms with van der Waals surface area (Å²) in [7, 11) is -3.44. The van der Waals surface area contributed by atoms with Gasteiger partial charge in [-0.2, -0.15) is 4.31 Å². The Balaban J connectivity index is 1.97. The second kappa shape index (κ2) is 7.50. The molecule has 1 aromatic rings. The minimum Gasteiger partial charge on any atom is -0.395 e. The summed E-state index contributed by atoms with van der Waals surface area (Å²) in [5, 5.41) is 9.32. The van der Waals surface area contributed by atoms with Crippen LogP contribution < -0.4 is 0 Å². The number of aliphatic hydroxyl groups excluding tert-OH is 1. The van der Waals surface area contributed by atoms with Crippen molar-refractivity contribution in [1.82, 2.24) is 9.21 Å². The smallest absolute Gasteiger partial charge is 0.218 e. The summed E-state index contributed by atoms with van der Waals surface area (Å²) in [5.74, 6) is -0.603. The van der Waals surface area contributed by atoms with E-state index < -0.39 is 15.8 Å². The van der Waals surface area contributed by atoms with Crippen molar-refractivity contribution in [2.45, 2.75) is 25.1 Å². The Morgan fingerprint density at radius 1 is 1.27 bits per heavy atom. The third kappa shape index (κ3) is 4.25. The first kappa shape index (κ1) is 17.3. The van der Waals surface area contributed by atoms with Crippen LogP contribution in [0.1, 0.15) is 18.9 Å². The molecule has 1 saturated heterocycles. The number of rotatable bonds is 6. The number of hydrogen-bond acceptors (Lipinski definition) is 4. The molecule has 0 radical (unpaired) electrons. The van der Waals surface area contributed by atoms with Crippen molar-refractivity contribution in [3.8, 4) is 0 Å². The minimum absolute atomic E-state index is 0.0898. The van der Waals surface area contributed by atoms with Crippen LogP contribution in [-0.2, 0) is 15.8 Å². The Bertz CT molecular complexity index is 582. The Kier molecular flexibility index (Phi) is 5.91. The first-order valence-electron chi connectivity index (χ1n) is 7.53. The van der Waals surface area contributed by atoms with Gasteiger partial charge in [0, 0.05) is 32.2 Å². The van der Waals surface area contributed by atoms with Gasteiger partial charge >= 0.3 is 0 Å². The number of benzene rings is 1. The molecular weight excluding hydrogens is 307 g/mol. The molecule has 1 unspecified atom stereocenters. The maximum atomic E-state index is 13.2. The fraction of sp³-hybridized carbons (Fsp3) is 0.600. The van der Waals surface area contributed by atoms with Gasteiger partial charge in [0.2, 0.25) is 10.0 Å². The zero-order chi connectivity index (χ0) is 16.2. The van der Waals surface area contributed by atoms with Crippen molar-refractivity contribution in [1.29, 1.82) is 0 Å². The highest BCUT2D eigenvalue weighted by molar-refractivity contribution is 7.88. The van der Waals surface area contributed by atoms with Gasteiger partial charge in [-0.3, -0.25) is 4.90 Å². The average Bonchev–Trinajstić information content (AvgIpc) is 2.48. The molecule has 0 bridgehead atoms. The fourth-order valence-electron chi connectivity index (χ4n) is 2.78. The summed E-state index contributed by atoms with van der Waals surface area (Å²) in [6.07, 6.45) is 0.840. The summed E-state index contributed by atoms with van der Waals surface area (Å²) in [6, 6.07) is 5.79. The summed E-state index contributed by atoms with van der Waals surface area (Å²) in [5.41, 5.74) is 0.462. The molecule has 0 spiro atoms. The monoisotopic (exact) mass is 330 g/mol. The molecule has 0 amide bonds. The second-order valence-corrected chi connectivity index (χ2v) is 7.53. The summed E-state index contributed by atoms with van der Waals surface area (Å²) < 4.78 is 39.5. The number of hydrogen-bond donors (Lipinski definition) is 1. The van der Waals surface area contributed by atoms with Crippen LogP contribution in [0.25, 0.3) is 0 Å². The molecule has 22 heavy (non-hydrogen) atoms. The molecule has 1 aliphatic heterocycles. The van der Waals surface area contributed by atoms with Crippen LogP contribution in [0.4, 0.5) is 4.39 Å². The highest BCUT2D eigenvalue weighted by atomic mass is 32.2. The van der Waals surface area contributed by atoms with E-state index in [0.29, 0.717) is 31.7 Å². The van der Waals surface area contributed by atoms with Gasteiger partial charge in [0.25, 0.3) is 0 Å². The third-order valence-corrected chi connectivity index (χ3v) is 5.95. The topological polar surface area (TPSA) is 60.9 Å². The first-order chi connectivity index (χ1) is 10.5. The molecule has 0 saturated carbocycles. The highest BCUT2D eigenvalue weighted by Gasteiger charge is 2.29. The normalized spacial score (nSPS) is 19.2. The van der Waals surface area contributed by atoms with E-state index in [9.17, 15) is 17.9 Å². The summed E-state index contributed by atoms with van der Waals surface area (Å²) >= 11 is 0. The van der Waals surface area contributed by atoms with E-state index in [1.165, 1.54) is 22.5 Å². The van der Waals surface area contributed by atoms with Gasteiger partial charge in [-0.25, -0.2) is 12.8 Å². The molecule has 2 rings (SSSR count). The van der Waals surface area contributed by atoms with Gasteiger partial charge in [0.05, 0.1) is 12.4 Å². The van der Waals surface area contributed by atoms with E-state index in [2.05, 4.69) is 4.90 Å². The molecule has 1 aliphatic rings. The fourth-order valence-corrected chi connectivity index (χ4v) is 4.28. The number of aliphatic hydroxyl groups is 1. The Hall–Kier alpha value is -1.02. The number of piperazine rings is 1. The van der Waals surface area contributed by atoms with E-state index in [-0.39, 0.29) is 18.4 Å². The van der Waals surface area contributed by atoms with Crippen molar-refractivity contribution < 1.29 is 17.9 Å². The van der Waals surface area contributed by atoms with Gasteiger partial charge in [0.1, 0.15) is 5.82 Å². The van der Waals surface area contributed by atoms with Crippen LogP contribution in [0.2, 0.25) is 0 Å². The van der Waals surface area contributed by atoms with Gasteiger partial charge in [0.15, 0.2) is 0 Å². The molecule has 7 heteroatoms.